The number of aliphatic hydroxyl groups is 2. The molecule has 490 valence electrons. The summed E-state index contributed by atoms with van der Waals surface area (Å²) in [6.45, 7) is 12.1. The predicted molar refractivity (Wildman–Crippen MR) is 353 cm³/mol. The van der Waals surface area contributed by atoms with Crippen molar-refractivity contribution in [1.29, 1.82) is 0 Å². The van der Waals surface area contributed by atoms with Crippen LogP contribution in [0.25, 0.3) is 33.2 Å². The molecular weight excluding hydrogens is 1290 g/mol. The monoisotopic (exact) mass is 1370 g/mol. The van der Waals surface area contributed by atoms with Crippen LogP contribution in [0.3, 0.4) is 0 Å². The highest BCUT2D eigenvalue weighted by atomic mass is 79.9. The van der Waals surface area contributed by atoms with Gasteiger partial charge in [0.2, 0.25) is 23.7 Å². The number of nitrogens with zero attached hydrogens (tertiary/aromatic N) is 8. The van der Waals surface area contributed by atoms with Crippen molar-refractivity contribution in [3.8, 4) is 22.9 Å². The molecule has 0 amide bonds. The Morgan fingerprint density at radius 1 is 0.620 bits per heavy atom. The molecule has 1 aliphatic heterocycles. The number of nitrogens with two attached hydrogens (primary N) is 2. The summed E-state index contributed by atoms with van der Waals surface area (Å²) in [6.07, 6.45) is 9.31. The van der Waals surface area contributed by atoms with Gasteiger partial charge in [-0.1, -0.05) is 36.4 Å². The standard InChI is InChI=1S/C28H32N6O6S.C18H23BN2O5S.C16H21BrN4O3/c1-17-22-15-23(18-14-24(26(39-2)30-16-18)33-41(37,38)21-6-4-3-5-7-21)27(36)34(25(22)32-28(29)31-17)19-8-10-20(11-9-19)40-13-12-35;1-17(2)18(3,4)26-19(25-17)13-11-15(16(24-5)20-12-13)21-27(22,23)14-9-7-6-8-10-14;1-9-12-8-13(17)15(23)21(14(12)20-16(18)19-9)10-2-4-11(5-3-10)24-7-6-22/h3-7,14-16,19-20,33,35H,8-13H2,1-2H3,(H2,29,31,32);6-12,21H,1-5H3;8,10-11,22H,2-7H2,1H3,(H2,18,19,20). The Hall–Kier alpha value is -7.68. The topological polar surface area (TPSA) is 362 Å². The molecule has 30 heteroatoms. The maximum absolute atomic E-state index is 14.1. The van der Waals surface area contributed by atoms with Gasteiger partial charge in [0.25, 0.3) is 31.2 Å². The molecule has 11 rings (SSSR count). The van der Waals surface area contributed by atoms with Crippen molar-refractivity contribution in [1.82, 2.24) is 39.0 Å². The van der Waals surface area contributed by atoms with Crippen LogP contribution in [0.5, 0.6) is 11.8 Å². The lowest BCUT2D eigenvalue weighted by Crippen LogP contribution is -2.41. The van der Waals surface area contributed by atoms with Gasteiger partial charge in [0, 0.05) is 51.8 Å². The maximum Gasteiger partial charge on any atom is 0.496 e. The smallest absolute Gasteiger partial charge is 0.480 e. The van der Waals surface area contributed by atoms with Crippen LogP contribution in [-0.2, 0) is 38.8 Å². The fraction of sp³-hybridized carbons (Fsp3) is 0.419. The highest BCUT2D eigenvalue weighted by Gasteiger charge is 2.52. The molecule has 0 radical (unpaired) electrons. The molecule has 1 saturated heterocycles. The fourth-order valence-corrected chi connectivity index (χ4v) is 13.8. The summed E-state index contributed by atoms with van der Waals surface area (Å²) in [6, 6.07) is 22.5. The Labute approximate surface area is 541 Å². The third-order valence-corrected chi connectivity index (χ3v) is 19.9. The number of ether oxygens (including phenoxy) is 4. The maximum atomic E-state index is 14.1. The van der Waals surface area contributed by atoms with Crippen LogP contribution < -0.4 is 47.0 Å². The SMILES string of the molecule is COc1ncc(-c2cc3c(C)nc(N)nc3n(C3CCC(OCCO)CC3)c2=O)cc1NS(=O)(=O)c1ccccc1.COc1ncc(B2OC(C)(C)C(C)(C)O2)cc1NS(=O)(=O)c1ccccc1.Cc1nc(N)nc2c1cc(Br)c(=O)n2C1CCC(OCCO)CC1. The van der Waals surface area contributed by atoms with Gasteiger partial charge in [-0.3, -0.25) is 28.2 Å². The lowest BCUT2D eigenvalue weighted by atomic mass is 9.80. The van der Waals surface area contributed by atoms with Gasteiger partial charge in [-0.25, -0.2) is 36.8 Å². The number of halogens is 1. The molecule has 26 nitrogen and oxygen atoms in total. The number of pyridine rings is 4. The number of rotatable bonds is 18. The normalized spacial score (nSPS) is 18.7. The number of anilines is 4. The second-order valence-corrected chi connectivity index (χ2v) is 27.5. The third kappa shape index (κ3) is 15.5. The lowest BCUT2D eigenvalue weighted by molar-refractivity contribution is 0.00165. The number of aromatic nitrogens is 8. The zero-order valence-corrected chi connectivity index (χ0v) is 55.5. The first kappa shape index (κ1) is 68.7. The first-order chi connectivity index (χ1) is 43.8. The van der Waals surface area contributed by atoms with Crippen LogP contribution in [0.4, 0.5) is 23.3 Å². The molecular formula is C62H76BBrN12O14S2. The van der Waals surface area contributed by atoms with Crippen molar-refractivity contribution in [2.45, 2.75) is 138 Å². The van der Waals surface area contributed by atoms with Gasteiger partial charge in [0.15, 0.2) is 0 Å². The highest BCUT2D eigenvalue weighted by molar-refractivity contribution is 9.10. The van der Waals surface area contributed by atoms with E-state index in [1.807, 2.05) is 34.6 Å². The molecule has 0 atom stereocenters. The summed E-state index contributed by atoms with van der Waals surface area (Å²) in [4.78, 5) is 52.8. The van der Waals surface area contributed by atoms with E-state index in [9.17, 15) is 26.4 Å². The largest absolute Gasteiger partial charge is 0.496 e. The Kier molecular flexibility index (Phi) is 21.7. The van der Waals surface area contributed by atoms with E-state index in [4.69, 9.17) is 49.9 Å². The number of sulfonamides is 2. The van der Waals surface area contributed by atoms with Crippen LogP contribution >= 0.6 is 15.9 Å². The summed E-state index contributed by atoms with van der Waals surface area (Å²) in [5, 5.41) is 19.4. The van der Waals surface area contributed by atoms with Gasteiger partial charge in [-0.2, -0.15) is 9.97 Å². The predicted octanol–water partition coefficient (Wildman–Crippen LogP) is 7.17. The summed E-state index contributed by atoms with van der Waals surface area (Å²) in [5.74, 6) is 0.465. The lowest BCUT2D eigenvalue weighted by Gasteiger charge is -2.32. The Bertz CT molecular complexity index is 4280. The molecule has 3 fully saturated rings. The Morgan fingerprint density at radius 2 is 1.04 bits per heavy atom. The molecule has 3 aliphatic rings. The Balaban J connectivity index is 0.000000171. The minimum absolute atomic E-state index is 0.0102. The van der Waals surface area contributed by atoms with E-state index >= 15 is 0 Å². The molecule has 0 spiro atoms. The zero-order chi connectivity index (χ0) is 66.3. The number of aryl methyl sites for hydroxylation is 2. The summed E-state index contributed by atoms with van der Waals surface area (Å²) >= 11 is 3.36. The molecule has 2 saturated carbocycles. The zero-order valence-electron chi connectivity index (χ0n) is 52.3. The van der Waals surface area contributed by atoms with Gasteiger partial charge in [-0.05, 0) is 157 Å². The number of aliphatic hydroxyl groups excluding tert-OH is 2. The van der Waals surface area contributed by atoms with Crippen molar-refractivity contribution in [3.63, 3.8) is 0 Å². The van der Waals surface area contributed by atoms with Crippen LogP contribution in [0.1, 0.15) is 103 Å². The number of benzene rings is 2. The first-order valence-electron chi connectivity index (χ1n) is 29.9. The number of hydrogen-bond acceptors (Lipinski definition) is 22. The van der Waals surface area contributed by atoms with Crippen LogP contribution in [0.2, 0.25) is 0 Å². The van der Waals surface area contributed by atoms with Crippen LogP contribution in [0.15, 0.2) is 121 Å². The van der Waals surface area contributed by atoms with E-state index in [0.29, 0.717) is 62.9 Å². The number of fused-ring (bicyclic) bond motifs is 2. The van der Waals surface area contributed by atoms with Gasteiger partial charge >= 0.3 is 7.12 Å². The van der Waals surface area contributed by atoms with Crippen molar-refractivity contribution < 1.29 is 55.3 Å². The quantitative estimate of drug-likeness (QED) is 0.0463. The molecule has 8 N–H and O–H groups in total. The van der Waals surface area contributed by atoms with E-state index in [1.165, 1.54) is 50.7 Å². The van der Waals surface area contributed by atoms with E-state index in [1.54, 1.807) is 76.9 Å². The summed E-state index contributed by atoms with van der Waals surface area (Å²) in [5.41, 5.74) is 14.4. The molecule has 6 aromatic heterocycles. The average Bonchev–Trinajstić information content (AvgIpc) is 0.903. The van der Waals surface area contributed by atoms with Crippen LogP contribution in [-0.4, -0.2) is 137 Å². The van der Waals surface area contributed by atoms with E-state index in [0.717, 1.165) is 49.6 Å². The van der Waals surface area contributed by atoms with Crippen molar-refractivity contribution in [2.24, 2.45) is 0 Å². The number of hydrogen-bond donors (Lipinski definition) is 6. The van der Waals surface area contributed by atoms with Gasteiger partial charge in [0.05, 0.1) is 89.7 Å². The summed E-state index contributed by atoms with van der Waals surface area (Å²) < 4.78 is 94.3. The number of nitrogens with one attached hydrogen (secondary N) is 2. The van der Waals surface area contributed by atoms with Gasteiger partial charge < -0.3 is 49.9 Å². The minimum atomic E-state index is -3.95. The molecule has 0 unspecified atom stereocenters. The minimum Gasteiger partial charge on any atom is -0.480 e. The Morgan fingerprint density at radius 3 is 1.49 bits per heavy atom. The second kappa shape index (κ2) is 29.1. The average molecular weight is 1370 g/mol. The number of methoxy groups -OCH3 is 2. The molecule has 2 aliphatic carbocycles. The molecule has 0 bridgehead atoms. The molecule has 7 heterocycles. The number of nitrogen functional groups attached to an aromatic ring is 2. The van der Waals surface area contributed by atoms with E-state index in [-0.39, 0.29) is 100 Å². The van der Waals surface area contributed by atoms with E-state index < -0.39 is 38.4 Å². The third-order valence-electron chi connectivity index (χ3n) is 16.6. The fourth-order valence-electron chi connectivity index (χ4n) is 11.2. The van der Waals surface area contributed by atoms with Gasteiger partial charge in [-0.15, -0.1) is 0 Å². The first-order valence-corrected chi connectivity index (χ1v) is 33.6. The highest BCUT2D eigenvalue weighted by Crippen LogP contribution is 2.39. The van der Waals surface area contributed by atoms with Crippen molar-refractivity contribution in [3.05, 3.63) is 134 Å². The summed E-state index contributed by atoms with van der Waals surface area (Å²) in [7, 11) is -5.58. The van der Waals surface area contributed by atoms with E-state index in [2.05, 4.69) is 55.3 Å². The van der Waals surface area contributed by atoms with Crippen molar-refractivity contribution in [2.75, 3.05) is 61.6 Å². The molecule has 2 aromatic carbocycles. The molecule has 8 aromatic rings. The van der Waals surface area contributed by atoms with Gasteiger partial charge in [0.1, 0.15) is 22.7 Å². The van der Waals surface area contributed by atoms with Crippen molar-refractivity contribution >= 4 is 93.9 Å². The second-order valence-electron chi connectivity index (χ2n) is 23.3. The van der Waals surface area contributed by atoms with Crippen LogP contribution in [0, 0.1) is 13.8 Å². The molecule has 92 heavy (non-hydrogen) atoms.